The molecule has 0 radical (unpaired) electrons. The third kappa shape index (κ3) is 3.26. The van der Waals surface area contributed by atoms with Crippen molar-refractivity contribution in [3.8, 4) is 0 Å². The summed E-state index contributed by atoms with van der Waals surface area (Å²) in [5, 5.41) is 8.13. The van der Waals surface area contributed by atoms with Gasteiger partial charge in [-0.15, -0.1) is 11.3 Å². The van der Waals surface area contributed by atoms with Gasteiger partial charge in [-0.05, 0) is 78.5 Å². The van der Waals surface area contributed by atoms with Crippen LogP contribution in [0.3, 0.4) is 0 Å². The maximum atomic E-state index is 12.7. The van der Waals surface area contributed by atoms with Crippen molar-refractivity contribution in [1.82, 2.24) is 10.6 Å². The smallest absolute Gasteiger partial charge is 0.261 e. The number of benzene rings is 1. The van der Waals surface area contributed by atoms with E-state index in [-0.39, 0.29) is 11.8 Å². The van der Waals surface area contributed by atoms with E-state index in [1.165, 1.54) is 43.4 Å². The number of carbonyl (C=O) groups excluding carboxylic acids is 2. The minimum Gasteiger partial charge on any atom is -0.349 e. The summed E-state index contributed by atoms with van der Waals surface area (Å²) >= 11 is 1.43. The van der Waals surface area contributed by atoms with Crippen LogP contribution in [0.5, 0.6) is 0 Å². The molecule has 2 bridgehead atoms. The molecule has 5 atom stereocenters. The van der Waals surface area contributed by atoms with Gasteiger partial charge in [-0.2, -0.15) is 0 Å². The van der Waals surface area contributed by atoms with Crippen LogP contribution < -0.4 is 10.6 Å². The van der Waals surface area contributed by atoms with Crippen LogP contribution in [0.1, 0.15) is 57.7 Å². The van der Waals surface area contributed by atoms with E-state index in [1.807, 2.05) is 41.8 Å². The molecule has 3 aliphatic carbocycles. The lowest BCUT2D eigenvalue weighted by atomic mass is 9.79. The fraction of sp³-hybridized carbons (Fsp3) is 0.478. The predicted octanol–water partition coefficient (Wildman–Crippen LogP) is 4.23. The first-order valence-corrected chi connectivity index (χ1v) is 11.3. The minimum absolute atomic E-state index is 0.0428. The second-order valence-corrected chi connectivity index (χ2v) is 9.54. The molecule has 0 spiro atoms. The monoisotopic (exact) mass is 394 g/mol. The Morgan fingerprint density at radius 1 is 0.964 bits per heavy atom. The molecule has 1 aromatic carbocycles. The molecule has 3 saturated carbocycles. The van der Waals surface area contributed by atoms with Gasteiger partial charge < -0.3 is 10.6 Å². The first kappa shape index (κ1) is 17.9. The third-order valence-electron chi connectivity index (χ3n) is 7.16. The van der Waals surface area contributed by atoms with Gasteiger partial charge in [0.2, 0.25) is 0 Å². The van der Waals surface area contributed by atoms with Crippen LogP contribution in [0.25, 0.3) is 0 Å². The van der Waals surface area contributed by atoms with Crippen molar-refractivity contribution < 1.29 is 9.59 Å². The van der Waals surface area contributed by atoms with Gasteiger partial charge in [0.05, 0.1) is 4.88 Å². The molecular formula is C23H26N2O2S. The van der Waals surface area contributed by atoms with Gasteiger partial charge in [0.1, 0.15) is 0 Å². The maximum absolute atomic E-state index is 12.7. The van der Waals surface area contributed by atoms with E-state index < -0.39 is 0 Å². The summed E-state index contributed by atoms with van der Waals surface area (Å²) in [7, 11) is 0. The number of fused-ring (bicyclic) bond motifs is 5. The maximum Gasteiger partial charge on any atom is 0.261 e. The van der Waals surface area contributed by atoms with Crippen LogP contribution in [0.4, 0.5) is 0 Å². The molecule has 0 saturated heterocycles. The third-order valence-corrected chi connectivity index (χ3v) is 8.03. The van der Waals surface area contributed by atoms with Crippen molar-refractivity contribution in [2.75, 3.05) is 0 Å². The molecule has 2 N–H and O–H groups in total. The molecule has 146 valence electrons. The molecule has 2 amide bonds. The van der Waals surface area contributed by atoms with Gasteiger partial charge in [-0.25, -0.2) is 0 Å². The Bertz CT molecular complexity index is 861. The van der Waals surface area contributed by atoms with Gasteiger partial charge in [0, 0.05) is 18.2 Å². The number of nitrogens with one attached hydrogen (secondary N) is 2. The minimum atomic E-state index is -0.0571. The summed E-state index contributed by atoms with van der Waals surface area (Å²) in [4.78, 5) is 25.5. The second kappa shape index (κ2) is 7.36. The Balaban J connectivity index is 1.16. The van der Waals surface area contributed by atoms with Crippen molar-refractivity contribution in [3.63, 3.8) is 0 Å². The van der Waals surface area contributed by atoms with Gasteiger partial charge >= 0.3 is 0 Å². The Labute approximate surface area is 169 Å². The Morgan fingerprint density at radius 2 is 1.79 bits per heavy atom. The number of thiophene rings is 1. The highest BCUT2D eigenvalue weighted by molar-refractivity contribution is 7.12. The van der Waals surface area contributed by atoms with Crippen LogP contribution in [-0.4, -0.2) is 17.9 Å². The Hall–Kier alpha value is -2.14. The quantitative estimate of drug-likeness (QED) is 0.797. The average molecular weight is 395 g/mol. The van der Waals surface area contributed by atoms with Crippen LogP contribution in [0.15, 0.2) is 41.8 Å². The summed E-state index contributed by atoms with van der Waals surface area (Å²) in [5.41, 5.74) is 1.70. The summed E-state index contributed by atoms with van der Waals surface area (Å²) in [6.07, 6.45) is 6.65. The zero-order valence-electron chi connectivity index (χ0n) is 15.9. The molecule has 3 aliphatic rings. The summed E-state index contributed by atoms with van der Waals surface area (Å²) < 4.78 is 0. The van der Waals surface area contributed by atoms with Crippen LogP contribution in [0, 0.1) is 23.7 Å². The van der Waals surface area contributed by atoms with Gasteiger partial charge in [-0.1, -0.05) is 24.6 Å². The number of hydrogen-bond donors (Lipinski definition) is 2. The van der Waals surface area contributed by atoms with Crippen molar-refractivity contribution in [2.24, 2.45) is 23.7 Å². The molecule has 2 aromatic rings. The first-order valence-electron chi connectivity index (χ1n) is 10.4. The fourth-order valence-corrected chi connectivity index (χ4v) is 6.58. The van der Waals surface area contributed by atoms with E-state index >= 15 is 0 Å². The molecule has 3 fully saturated rings. The Kier molecular flexibility index (Phi) is 4.71. The molecule has 0 aliphatic heterocycles. The van der Waals surface area contributed by atoms with E-state index in [1.54, 1.807) is 0 Å². The first-order chi connectivity index (χ1) is 13.7. The van der Waals surface area contributed by atoms with Gasteiger partial charge in [0.25, 0.3) is 11.8 Å². The highest BCUT2D eigenvalue weighted by Crippen LogP contribution is 2.58. The highest BCUT2D eigenvalue weighted by Gasteiger charge is 2.54. The zero-order chi connectivity index (χ0) is 19.1. The van der Waals surface area contributed by atoms with Gasteiger partial charge in [-0.3, -0.25) is 9.59 Å². The highest BCUT2D eigenvalue weighted by atomic mass is 32.1. The van der Waals surface area contributed by atoms with Crippen LogP contribution >= 0.6 is 11.3 Å². The normalized spacial score (nSPS) is 30.2. The van der Waals surface area contributed by atoms with E-state index in [2.05, 4.69) is 10.6 Å². The molecule has 4 nitrogen and oxygen atoms in total. The average Bonchev–Trinajstić information content (AvgIpc) is 3.49. The molecule has 1 aromatic heterocycles. The lowest BCUT2D eigenvalue weighted by Gasteiger charge is -2.32. The number of amides is 2. The standard InChI is InChI=1S/C23H26N2O2S/c26-22(25-20-12-16-11-19(20)18-4-1-3-17(16)18)15-8-6-14(7-9-15)13-24-23(27)21-5-2-10-28-21/h2,5-10,16-20H,1,3-4,11-13H2,(H,24,27)(H,25,26). The number of carbonyl (C=O) groups is 2. The van der Waals surface area contributed by atoms with Crippen molar-refractivity contribution in [3.05, 3.63) is 57.8 Å². The topological polar surface area (TPSA) is 58.2 Å². The van der Waals surface area contributed by atoms with Gasteiger partial charge in [0.15, 0.2) is 0 Å². The summed E-state index contributed by atoms with van der Waals surface area (Å²) in [6, 6.07) is 11.6. The zero-order valence-corrected chi connectivity index (χ0v) is 16.7. The summed E-state index contributed by atoms with van der Waals surface area (Å²) in [6.45, 7) is 0.466. The lowest BCUT2D eigenvalue weighted by Crippen LogP contribution is -2.42. The number of rotatable bonds is 5. The summed E-state index contributed by atoms with van der Waals surface area (Å²) in [5.74, 6) is 3.34. The molecule has 5 heteroatoms. The van der Waals surface area contributed by atoms with Crippen molar-refractivity contribution >= 4 is 23.2 Å². The Morgan fingerprint density at radius 3 is 2.57 bits per heavy atom. The SMILES string of the molecule is O=C(NC1CC2CC1C1CCCC21)c1ccc(CNC(=O)c2cccs2)cc1. The lowest BCUT2D eigenvalue weighted by molar-refractivity contribution is 0.0899. The van der Waals surface area contributed by atoms with E-state index in [4.69, 9.17) is 0 Å². The van der Waals surface area contributed by atoms with Crippen molar-refractivity contribution in [1.29, 1.82) is 0 Å². The molecule has 5 rings (SSSR count). The molecule has 1 heterocycles. The van der Waals surface area contributed by atoms with Crippen molar-refractivity contribution in [2.45, 2.75) is 44.7 Å². The van der Waals surface area contributed by atoms with E-state index in [9.17, 15) is 9.59 Å². The molecule has 28 heavy (non-hydrogen) atoms. The predicted molar refractivity (Wildman–Crippen MR) is 110 cm³/mol. The van der Waals surface area contributed by atoms with Crippen LogP contribution in [0.2, 0.25) is 0 Å². The van der Waals surface area contributed by atoms with Crippen LogP contribution in [-0.2, 0) is 6.54 Å². The second-order valence-electron chi connectivity index (χ2n) is 8.59. The van der Waals surface area contributed by atoms with E-state index in [0.717, 1.165) is 23.3 Å². The molecular weight excluding hydrogens is 368 g/mol. The molecule has 5 unspecified atom stereocenters. The van der Waals surface area contributed by atoms with E-state index in [0.29, 0.717) is 28.9 Å². The fourth-order valence-electron chi connectivity index (χ4n) is 5.94. The number of hydrogen-bond acceptors (Lipinski definition) is 3. The largest absolute Gasteiger partial charge is 0.349 e.